The Morgan fingerprint density at radius 1 is 1.07 bits per heavy atom. The maximum absolute atomic E-state index is 11.5. The minimum atomic E-state index is -0.399. The summed E-state index contributed by atoms with van der Waals surface area (Å²) in [4.78, 5) is 23.4. The molecule has 2 aliphatic rings. The maximum Gasteiger partial charge on any atom is 0.311 e. The molecule has 9 nitrogen and oxygen atoms in total. The van der Waals surface area contributed by atoms with Crippen LogP contribution in [0, 0.1) is 13.7 Å². The molecule has 5 rings (SSSR count). The largest absolute Gasteiger partial charge is 0.487 e. The monoisotopic (exact) mass is 764 g/mol. The SMILES string of the molecule is CCOc1cc(N2CCN(C(=NCC3CCCN3Cc3ccc(I)cc3)NCCc3ccc(Cl)cc3Cl)CC2)ccc1[N+](=O)[O-]. The van der Waals surface area contributed by atoms with Crippen LogP contribution in [-0.2, 0) is 13.0 Å². The lowest BCUT2D eigenvalue weighted by molar-refractivity contribution is -0.385. The van der Waals surface area contributed by atoms with Crippen LogP contribution in [0.25, 0.3) is 0 Å². The molecular formula is C33H39Cl2IN6O3. The summed E-state index contributed by atoms with van der Waals surface area (Å²) in [6.45, 7) is 8.70. The normalized spacial score (nSPS) is 17.5. The fraction of sp³-hybridized carbons (Fsp3) is 0.424. The van der Waals surface area contributed by atoms with Crippen LogP contribution in [-0.4, -0.2) is 79.1 Å². The van der Waals surface area contributed by atoms with E-state index in [1.807, 2.05) is 25.1 Å². The predicted octanol–water partition coefficient (Wildman–Crippen LogP) is 6.88. The van der Waals surface area contributed by atoms with Gasteiger partial charge in [0.05, 0.1) is 18.1 Å². The van der Waals surface area contributed by atoms with Crippen LogP contribution in [0.2, 0.25) is 10.0 Å². The van der Waals surface area contributed by atoms with Crippen LogP contribution < -0.4 is 15.0 Å². The van der Waals surface area contributed by atoms with Crippen LogP contribution in [0.3, 0.4) is 0 Å². The molecule has 240 valence electrons. The summed E-state index contributed by atoms with van der Waals surface area (Å²) in [6, 6.07) is 19.9. The molecule has 0 spiro atoms. The van der Waals surface area contributed by atoms with E-state index >= 15 is 0 Å². The van der Waals surface area contributed by atoms with E-state index in [0.29, 0.717) is 35.0 Å². The minimum absolute atomic E-state index is 0.0124. The van der Waals surface area contributed by atoms with Crippen molar-refractivity contribution in [3.63, 3.8) is 0 Å². The highest BCUT2D eigenvalue weighted by molar-refractivity contribution is 14.1. The maximum atomic E-state index is 11.5. The molecule has 3 aromatic carbocycles. The van der Waals surface area contributed by atoms with Crippen molar-refractivity contribution in [1.29, 1.82) is 0 Å². The van der Waals surface area contributed by atoms with Crippen molar-refractivity contribution in [3.8, 4) is 5.75 Å². The first-order valence-corrected chi connectivity index (χ1v) is 17.3. The molecule has 0 radical (unpaired) electrons. The number of ether oxygens (including phenoxy) is 1. The number of nitrogens with zero attached hydrogens (tertiary/aromatic N) is 5. The Morgan fingerprint density at radius 2 is 1.84 bits per heavy atom. The Labute approximate surface area is 288 Å². The van der Waals surface area contributed by atoms with Crippen molar-refractivity contribution in [1.82, 2.24) is 15.1 Å². The van der Waals surface area contributed by atoms with E-state index in [2.05, 4.69) is 66.9 Å². The molecule has 0 saturated carbocycles. The fourth-order valence-electron chi connectivity index (χ4n) is 5.93. The second-order valence-electron chi connectivity index (χ2n) is 11.3. The van der Waals surface area contributed by atoms with E-state index in [9.17, 15) is 10.1 Å². The third kappa shape index (κ3) is 9.15. The van der Waals surface area contributed by atoms with Crippen LogP contribution in [0.5, 0.6) is 5.75 Å². The number of hydrogen-bond donors (Lipinski definition) is 1. The quantitative estimate of drug-likeness (QED) is 0.0750. The smallest absolute Gasteiger partial charge is 0.311 e. The van der Waals surface area contributed by atoms with Gasteiger partial charge < -0.3 is 19.9 Å². The van der Waals surface area contributed by atoms with Gasteiger partial charge in [0.1, 0.15) is 0 Å². The number of aliphatic imine (C=N–C) groups is 1. The highest BCUT2D eigenvalue weighted by Crippen LogP contribution is 2.32. The molecule has 12 heteroatoms. The zero-order valence-corrected chi connectivity index (χ0v) is 29.1. The van der Waals surface area contributed by atoms with Crippen molar-refractivity contribution in [2.75, 3.05) is 57.3 Å². The van der Waals surface area contributed by atoms with E-state index in [4.69, 9.17) is 32.9 Å². The molecule has 2 fully saturated rings. The Balaban J connectivity index is 1.26. The van der Waals surface area contributed by atoms with Crippen LogP contribution in [0.4, 0.5) is 11.4 Å². The average Bonchev–Trinajstić information content (AvgIpc) is 3.47. The van der Waals surface area contributed by atoms with Gasteiger partial charge in [-0.1, -0.05) is 41.4 Å². The van der Waals surface area contributed by atoms with Crippen LogP contribution in [0.1, 0.15) is 30.9 Å². The van der Waals surface area contributed by atoms with Gasteiger partial charge in [0.25, 0.3) is 0 Å². The Hall–Kier alpha value is -2.80. The molecule has 0 aromatic heterocycles. The summed E-state index contributed by atoms with van der Waals surface area (Å²) >= 11 is 14.9. The lowest BCUT2D eigenvalue weighted by Crippen LogP contribution is -2.53. The number of piperazine rings is 1. The van der Waals surface area contributed by atoms with Crippen LogP contribution >= 0.6 is 45.8 Å². The second-order valence-corrected chi connectivity index (χ2v) is 13.4. The number of rotatable bonds is 11. The zero-order chi connectivity index (χ0) is 31.8. The summed E-state index contributed by atoms with van der Waals surface area (Å²) in [5.74, 6) is 1.21. The van der Waals surface area contributed by atoms with Crippen molar-refractivity contribution >= 4 is 63.1 Å². The van der Waals surface area contributed by atoms with Crippen LogP contribution in [0.15, 0.2) is 65.7 Å². The Morgan fingerprint density at radius 3 is 2.56 bits per heavy atom. The molecule has 45 heavy (non-hydrogen) atoms. The number of anilines is 1. The second kappa shape index (κ2) is 16.2. The third-order valence-electron chi connectivity index (χ3n) is 8.33. The topological polar surface area (TPSA) is 86.5 Å². The lowest BCUT2D eigenvalue weighted by Gasteiger charge is -2.38. The van der Waals surface area contributed by atoms with Gasteiger partial charge in [-0.05, 0) is 96.8 Å². The summed E-state index contributed by atoms with van der Waals surface area (Å²) in [5.41, 5.74) is 3.28. The molecule has 1 atom stereocenters. The van der Waals surface area contributed by atoms with Crippen molar-refractivity contribution in [2.24, 2.45) is 4.99 Å². The van der Waals surface area contributed by atoms with Gasteiger partial charge in [-0.15, -0.1) is 0 Å². The van der Waals surface area contributed by atoms with Gasteiger partial charge in [0.2, 0.25) is 0 Å². The third-order valence-corrected chi connectivity index (χ3v) is 9.63. The van der Waals surface area contributed by atoms with Gasteiger partial charge in [-0.25, -0.2) is 0 Å². The first-order valence-electron chi connectivity index (χ1n) is 15.4. The first-order chi connectivity index (χ1) is 21.8. The molecule has 3 aromatic rings. The number of nitro benzene ring substituents is 1. The molecule has 0 aliphatic carbocycles. The molecule has 2 saturated heterocycles. The summed E-state index contributed by atoms with van der Waals surface area (Å²) < 4.78 is 6.84. The summed E-state index contributed by atoms with van der Waals surface area (Å²) in [7, 11) is 0. The number of guanidine groups is 1. The molecular weight excluding hydrogens is 726 g/mol. The molecule has 0 bridgehead atoms. The van der Waals surface area contributed by atoms with Gasteiger partial charge in [-0.3, -0.25) is 20.0 Å². The molecule has 1 N–H and O–H groups in total. The van der Waals surface area contributed by atoms with Crippen molar-refractivity contribution in [2.45, 2.75) is 38.8 Å². The van der Waals surface area contributed by atoms with E-state index in [-0.39, 0.29) is 5.69 Å². The van der Waals surface area contributed by atoms with Gasteiger partial charge >= 0.3 is 5.69 Å². The van der Waals surface area contributed by atoms with E-state index in [1.54, 1.807) is 12.1 Å². The van der Waals surface area contributed by atoms with Gasteiger partial charge in [-0.2, -0.15) is 0 Å². The Kier molecular flexibility index (Phi) is 12.0. The molecule has 2 aliphatic heterocycles. The fourth-order valence-corrected chi connectivity index (χ4v) is 6.79. The molecule has 2 heterocycles. The van der Waals surface area contributed by atoms with Gasteiger partial charge in [0, 0.05) is 76.7 Å². The van der Waals surface area contributed by atoms with Gasteiger partial charge in [0.15, 0.2) is 11.7 Å². The zero-order valence-electron chi connectivity index (χ0n) is 25.4. The predicted molar refractivity (Wildman–Crippen MR) is 191 cm³/mol. The number of benzene rings is 3. The van der Waals surface area contributed by atoms with Crippen molar-refractivity contribution < 1.29 is 9.66 Å². The van der Waals surface area contributed by atoms with Crippen molar-refractivity contribution in [3.05, 3.63) is 95.5 Å². The average molecular weight is 766 g/mol. The first kappa shape index (κ1) is 33.6. The molecule has 0 amide bonds. The Bertz CT molecular complexity index is 1480. The number of halogens is 3. The highest BCUT2D eigenvalue weighted by atomic mass is 127. The standard InChI is InChI=1S/C33H39Cl2IN6O3/c1-2-45-32-21-28(11-12-31(32)42(43)44)39-16-18-40(19-17-39)33(37-14-13-25-7-8-26(34)20-30(25)35)38-22-29-4-3-15-41(29)23-24-5-9-27(36)10-6-24/h5-12,20-21,29H,2-4,13-19,22-23H2,1H3,(H,37,38). The minimum Gasteiger partial charge on any atom is -0.487 e. The number of nitro groups is 1. The van der Waals surface area contributed by atoms with E-state index < -0.39 is 4.92 Å². The summed E-state index contributed by atoms with van der Waals surface area (Å²) in [5, 5.41) is 16.4. The highest BCUT2D eigenvalue weighted by Gasteiger charge is 2.26. The number of hydrogen-bond acceptors (Lipinski definition) is 6. The van der Waals surface area contributed by atoms with E-state index in [0.717, 1.165) is 75.9 Å². The van der Waals surface area contributed by atoms with E-state index in [1.165, 1.54) is 21.6 Å². The number of likely N-dealkylation sites (tertiary alicyclic amines) is 1. The summed E-state index contributed by atoms with van der Waals surface area (Å²) in [6.07, 6.45) is 3.07. The lowest BCUT2D eigenvalue weighted by atomic mass is 10.1. The number of nitrogens with one attached hydrogen (secondary N) is 1. The molecule has 1 unspecified atom stereocenters.